The summed E-state index contributed by atoms with van der Waals surface area (Å²) in [7, 11) is 0. The molecule has 37 heavy (non-hydrogen) atoms. The molecule has 10 nitrogen and oxygen atoms in total. The number of carbonyl (C=O) groups excluding carboxylic acids is 1. The van der Waals surface area contributed by atoms with Crippen molar-refractivity contribution in [2.24, 2.45) is 5.92 Å². The van der Waals surface area contributed by atoms with Crippen LogP contribution in [0, 0.1) is 5.92 Å². The van der Waals surface area contributed by atoms with Gasteiger partial charge in [-0.25, -0.2) is 9.59 Å². The number of hydrogen-bond acceptors (Lipinski definition) is 6. The van der Waals surface area contributed by atoms with E-state index < -0.39 is 54.9 Å². The molecule has 2 aromatic carbocycles. The lowest BCUT2D eigenvalue weighted by molar-refractivity contribution is -0.218. The first-order chi connectivity index (χ1) is 17.6. The van der Waals surface area contributed by atoms with E-state index in [9.17, 15) is 34.5 Å². The fourth-order valence-corrected chi connectivity index (χ4v) is 4.16. The fraction of sp³-hybridized carbons (Fsp3) is 0.333. The van der Waals surface area contributed by atoms with Crippen LogP contribution in [-0.2, 0) is 35.1 Å². The van der Waals surface area contributed by atoms with E-state index >= 15 is 0 Å². The molecular formula is C27H29NO9. The molecule has 2 aromatic rings. The van der Waals surface area contributed by atoms with Gasteiger partial charge in [-0.05, 0) is 36.8 Å². The highest BCUT2D eigenvalue weighted by Gasteiger charge is 2.58. The topological polar surface area (TPSA) is 151 Å². The monoisotopic (exact) mass is 511 g/mol. The minimum absolute atomic E-state index is 0.297. The first-order valence-electron chi connectivity index (χ1n) is 11.7. The number of aryl methyl sites for hydroxylation is 1. The standard InChI is InChI=1S/C27H29NO9/c1-18(21(14-12-19-8-4-2-5-9-19)15-13-20-10-6-3-7-11-20)28(16-23(29)30)24(31)22-17-36-27(37-22,25(32)33)26(34)35/h2-12,14,18,21-22H,13,15-17H2,1H3,(H,29,30)(H,32,33)(H,34,35). The third-order valence-electron chi connectivity index (χ3n) is 6.23. The van der Waals surface area contributed by atoms with Crippen LogP contribution in [0.3, 0.4) is 0 Å². The number of carboxylic acid groups (broad SMARTS) is 3. The Morgan fingerprint density at radius 2 is 1.59 bits per heavy atom. The Labute approximate surface area is 213 Å². The Morgan fingerprint density at radius 3 is 2.14 bits per heavy atom. The molecule has 3 N–H and O–H groups in total. The second kappa shape index (κ2) is 12.3. The van der Waals surface area contributed by atoms with E-state index in [4.69, 9.17) is 9.47 Å². The number of benzene rings is 2. The number of amides is 1. The van der Waals surface area contributed by atoms with Crippen molar-refractivity contribution in [3.05, 3.63) is 77.9 Å². The van der Waals surface area contributed by atoms with Gasteiger partial charge >= 0.3 is 23.7 Å². The van der Waals surface area contributed by atoms with Crippen LogP contribution in [-0.4, -0.2) is 75.1 Å². The summed E-state index contributed by atoms with van der Waals surface area (Å²) >= 11 is 0. The van der Waals surface area contributed by atoms with E-state index in [-0.39, 0.29) is 5.92 Å². The molecule has 1 aliphatic rings. The molecule has 1 amide bonds. The van der Waals surface area contributed by atoms with Crippen LogP contribution in [0.5, 0.6) is 0 Å². The smallest absolute Gasteiger partial charge is 0.377 e. The van der Waals surface area contributed by atoms with Gasteiger partial charge in [0, 0.05) is 6.04 Å². The van der Waals surface area contributed by atoms with Crippen molar-refractivity contribution in [2.75, 3.05) is 13.2 Å². The van der Waals surface area contributed by atoms with E-state index in [1.54, 1.807) is 6.92 Å². The van der Waals surface area contributed by atoms with Crippen LogP contribution in [0.2, 0.25) is 0 Å². The molecule has 0 aliphatic carbocycles. The van der Waals surface area contributed by atoms with E-state index in [0.29, 0.717) is 12.8 Å². The predicted molar refractivity (Wildman–Crippen MR) is 131 cm³/mol. The lowest BCUT2D eigenvalue weighted by Gasteiger charge is -2.34. The van der Waals surface area contributed by atoms with Crippen LogP contribution in [0.1, 0.15) is 24.5 Å². The average Bonchev–Trinajstić information content (AvgIpc) is 3.35. The predicted octanol–water partition coefficient (Wildman–Crippen LogP) is 2.53. The van der Waals surface area contributed by atoms with Gasteiger partial charge < -0.3 is 29.7 Å². The molecule has 0 saturated carbocycles. The Balaban J connectivity index is 1.87. The summed E-state index contributed by atoms with van der Waals surface area (Å²) in [4.78, 5) is 49.1. The number of rotatable bonds is 12. The van der Waals surface area contributed by atoms with Gasteiger partial charge in [0.1, 0.15) is 6.54 Å². The lowest BCUT2D eigenvalue weighted by atomic mass is 9.91. The Bertz CT molecular complexity index is 1120. The van der Waals surface area contributed by atoms with E-state index in [2.05, 4.69) is 0 Å². The number of aliphatic carboxylic acids is 3. The van der Waals surface area contributed by atoms with Crippen molar-refractivity contribution < 1.29 is 44.0 Å². The Kier molecular flexibility index (Phi) is 9.15. The van der Waals surface area contributed by atoms with Gasteiger partial charge in [-0.3, -0.25) is 9.59 Å². The maximum Gasteiger partial charge on any atom is 0.377 e. The van der Waals surface area contributed by atoms with Gasteiger partial charge in [-0.1, -0.05) is 72.8 Å². The summed E-state index contributed by atoms with van der Waals surface area (Å²) in [5, 5.41) is 28.2. The van der Waals surface area contributed by atoms with Gasteiger partial charge in [0.25, 0.3) is 5.91 Å². The minimum atomic E-state index is -3.03. The summed E-state index contributed by atoms with van der Waals surface area (Å²) in [5.41, 5.74) is 2.00. The number of ether oxygens (including phenoxy) is 2. The van der Waals surface area contributed by atoms with Gasteiger partial charge in [0.15, 0.2) is 6.10 Å². The van der Waals surface area contributed by atoms with Crippen LogP contribution < -0.4 is 0 Å². The van der Waals surface area contributed by atoms with Crippen molar-refractivity contribution >= 4 is 29.9 Å². The molecule has 3 rings (SSSR count). The highest BCUT2D eigenvalue weighted by atomic mass is 16.8. The molecule has 1 heterocycles. The maximum atomic E-state index is 13.4. The molecule has 0 radical (unpaired) electrons. The summed E-state index contributed by atoms with van der Waals surface area (Å²) in [6.07, 6.45) is 3.45. The molecule has 0 aromatic heterocycles. The zero-order valence-electron chi connectivity index (χ0n) is 20.2. The van der Waals surface area contributed by atoms with Crippen LogP contribution in [0.15, 0.2) is 66.7 Å². The molecule has 0 spiro atoms. The van der Waals surface area contributed by atoms with E-state index in [1.807, 2.05) is 72.8 Å². The van der Waals surface area contributed by atoms with Gasteiger partial charge in [0.05, 0.1) is 6.61 Å². The van der Waals surface area contributed by atoms with Crippen molar-refractivity contribution in [1.82, 2.24) is 4.90 Å². The summed E-state index contributed by atoms with van der Waals surface area (Å²) in [6, 6.07) is 18.5. The second-order valence-corrected chi connectivity index (χ2v) is 8.70. The SMILES string of the molecule is CC(C(C=Cc1ccccc1)CCc1ccccc1)N(CC(=O)O)C(=O)C1COC(C(=O)O)(C(=O)O)O1. The second-order valence-electron chi connectivity index (χ2n) is 8.70. The lowest BCUT2D eigenvalue weighted by Crippen LogP contribution is -2.52. The molecule has 1 fully saturated rings. The van der Waals surface area contributed by atoms with E-state index in [0.717, 1.165) is 16.0 Å². The summed E-state index contributed by atoms with van der Waals surface area (Å²) in [6.45, 7) is 0.367. The number of hydrogen-bond donors (Lipinski definition) is 3. The fourth-order valence-electron chi connectivity index (χ4n) is 4.16. The molecule has 10 heteroatoms. The van der Waals surface area contributed by atoms with Crippen LogP contribution >= 0.6 is 0 Å². The molecule has 196 valence electrons. The Hall–Kier alpha value is -4.02. The van der Waals surface area contributed by atoms with Gasteiger partial charge in [0.2, 0.25) is 0 Å². The zero-order valence-corrected chi connectivity index (χ0v) is 20.2. The average molecular weight is 512 g/mol. The number of carboxylic acids is 3. The van der Waals surface area contributed by atoms with Gasteiger partial charge in [-0.2, -0.15) is 0 Å². The summed E-state index contributed by atoms with van der Waals surface area (Å²) < 4.78 is 9.93. The molecule has 0 bridgehead atoms. The minimum Gasteiger partial charge on any atom is -0.480 e. The normalized spacial score (nSPS) is 18.2. The van der Waals surface area contributed by atoms with Gasteiger partial charge in [-0.15, -0.1) is 0 Å². The molecule has 3 unspecified atom stereocenters. The summed E-state index contributed by atoms with van der Waals surface area (Å²) in [5.74, 6) is -9.31. The third kappa shape index (κ3) is 6.81. The number of carbonyl (C=O) groups is 4. The first-order valence-corrected chi connectivity index (χ1v) is 11.7. The number of nitrogens with zero attached hydrogens (tertiary/aromatic N) is 1. The first kappa shape index (κ1) is 27.6. The van der Waals surface area contributed by atoms with Crippen LogP contribution in [0.25, 0.3) is 6.08 Å². The molecular weight excluding hydrogens is 482 g/mol. The highest BCUT2D eigenvalue weighted by molar-refractivity contribution is 6.01. The molecule has 3 atom stereocenters. The van der Waals surface area contributed by atoms with Crippen molar-refractivity contribution in [3.63, 3.8) is 0 Å². The van der Waals surface area contributed by atoms with E-state index in [1.165, 1.54) is 0 Å². The quantitative estimate of drug-likeness (QED) is 0.365. The molecule has 1 aliphatic heterocycles. The maximum absolute atomic E-state index is 13.4. The van der Waals surface area contributed by atoms with Crippen LogP contribution in [0.4, 0.5) is 0 Å². The zero-order chi connectivity index (χ0) is 27.0. The van der Waals surface area contributed by atoms with Crippen molar-refractivity contribution in [1.29, 1.82) is 0 Å². The van der Waals surface area contributed by atoms with Crippen molar-refractivity contribution in [2.45, 2.75) is 37.7 Å². The molecule has 1 saturated heterocycles. The third-order valence-corrected chi connectivity index (χ3v) is 6.23. The van der Waals surface area contributed by atoms with Crippen molar-refractivity contribution in [3.8, 4) is 0 Å². The largest absolute Gasteiger partial charge is 0.480 e. The Morgan fingerprint density at radius 1 is 1.00 bits per heavy atom. The highest BCUT2D eigenvalue weighted by Crippen LogP contribution is 2.28.